The second-order valence-corrected chi connectivity index (χ2v) is 8.35. The third kappa shape index (κ3) is 5.27. The number of fused-ring (bicyclic) bond motifs is 1. The van der Waals surface area contributed by atoms with E-state index in [4.69, 9.17) is 9.57 Å². The van der Waals surface area contributed by atoms with Gasteiger partial charge in [-0.1, -0.05) is 97.1 Å². The topological polar surface area (TPSA) is 59.6 Å². The molecule has 1 heterocycles. The minimum atomic E-state index is -0.509. The second-order valence-electron chi connectivity index (χ2n) is 8.35. The van der Waals surface area contributed by atoms with Crippen molar-refractivity contribution in [3.63, 3.8) is 0 Å². The SMILES string of the molecule is O=C(NC(Cc1ccccc1)C1C=C(Cc2ccccc2)NO1)Oc1cccc2ccccc12. The van der Waals surface area contributed by atoms with Gasteiger partial charge < -0.3 is 10.1 Å². The number of rotatable bonds is 7. The van der Waals surface area contributed by atoms with Gasteiger partial charge in [0.1, 0.15) is 11.9 Å². The fraction of sp³-hybridized carbons (Fsp3) is 0.138. The number of carbonyl (C=O) groups excluding carboxylic acids is 1. The molecule has 0 aromatic heterocycles. The summed E-state index contributed by atoms with van der Waals surface area (Å²) in [5.41, 5.74) is 6.30. The van der Waals surface area contributed by atoms with Gasteiger partial charge in [0.15, 0.2) is 0 Å². The minimum absolute atomic E-state index is 0.314. The van der Waals surface area contributed by atoms with E-state index in [0.29, 0.717) is 12.2 Å². The Balaban J connectivity index is 1.33. The summed E-state index contributed by atoms with van der Waals surface area (Å²) < 4.78 is 5.73. The average molecular weight is 451 g/mol. The smallest absolute Gasteiger partial charge is 0.410 e. The molecule has 4 aromatic rings. The number of hydrogen-bond donors (Lipinski definition) is 2. The van der Waals surface area contributed by atoms with E-state index < -0.39 is 6.09 Å². The Bertz CT molecular complexity index is 1280. The maximum Gasteiger partial charge on any atom is 0.412 e. The molecule has 0 spiro atoms. The number of benzene rings is 4. The van der Waals surface area contributed by atoms with Crippen molar-refractivity contribution in [2.75, 3.05) is 0 Å². The lowest BCUT2D eigenvalue weighted by Gasteiger charge is -2.22. The van der Waals surface area contributed by atoms with Crippen molar-refractivity contribution in [1.29, 1.82) is 0 Å². The third-order valence-corrected chi connectivity index (χ3v) is 5.88. The number of nitrogens with one attached hydrogen (secondary N) is 2. The van der Waals surface area contributed by atoms with Gasteiger partial charge in [-0.2, -0.15) is 0 Å². The Kier molecular flexibility index (Phi) is 6.54. The summed E-state index contributed by atoms with van der Waals surface area (Å²) in [6, 6.07) is 33.5. The zero-order valence-corrected chi connectivity index (χ0v) is 18.7. The number of amides is 1. The molecule has 2 atom stereocenters. The summed E-state index contributed by atoms with van der Waals surface area (Å²) in [5.74, 6) is 0.528. The van der Waals surface area contributed by atoms with E-state index in [-0.39, 0.29) is 12.1 Å². The van der Waals surface area contributed by atoms with Crippen LogP contribution in [-0.4, -0.2) is 18.2 Å². The molecule has 0 aliphatic carbocycles. The van der Waals surface area contributed by atoms with E-state index in [2.05, 4.69) is 22.9 Å². The lowest BCUT2D eigenvalue weighted by molar-refractivity contribution is 0.0212. The molecule has 5 rings (SSSR count). The number of hydroxylamine groups is 1. The minimum Gasteiger partial charge on any atom is -0.410 e. The highest BCUT2D eigenvalue weighted by Crippen LogP contribution is 2.25. The van der Waals surface area contributed by atoms with Crippen LogP contribution in [0, 0.1) is 0 Å². The van der Waals surface area contributed by atoms with Crippen LogP contribution in [0.5, 0.6) is 5.75 Å². The summed E-state index contributed by atoms with van der Waals surface area (Å²) in [7, 11) is 0. The van der Waals surface area contributed by atoms with E-state index in [0.717, 1.165) is 28.5 Å². The summed E-state index contributed by atoms with van der Waals surface area (Å²) >= 11 is 0. The molecule has 0 radical (unpaired) electrons. The molecule has 2 N–H and O–H groups in total. The number of ether oxygens (including phenoxy) is 1. The normalized spacial score (nSPS) is 15.9. The van der Waals surface area contributed by atoms with Crippen molar-refractivity contribution >= 4 is 16.9 Å². The lowest BCUT2D eigenvalue weighted by Crippen LogP contribution is -2.46. The molecular formula is C29H26N2O3. The first-order chi connectivity index (χ1) is 16.7. The standard InChI is InChI=1S/C29H26N2O3/c32-29(33-27-17-9-15-23-14-7-8-16-25(23)27)30-26(19-22-12-5-2-6-13-22)28-20-24(31-34-28)18-21-10-3-1-4-11-21/h1-17,20,26,28,31H,18-19H2,(H,30,32). The van der Waals surface area contributed by atoms with Gasteiger partial charge >= 0.3 is 6.09 Å². The molecule has 1 aliphatic heterocycles. The Labute approximate surface area is 199 Å². The van der Waals surface area contributed by atoms with Crippen LogP contribution in [0.1, 0.15) is 11.1 Å². The molecule has 0 bridgehead atoms. The molecule has 4 aromatic carbocycles. The molecule has 0 fully saturated rings. The van der Waals surface area contributed by atoms with E-state index in [9.17, 15) is 4.79 Å². The van der Waals surface area contributed by atoms with Crippen LogP contribution in [0.25, 0.3) is 10.8 Å². The maximum absolute atomic E-state index is 13.0. The highest BCUT2D eigenvalue weighted by atomic mass is 16.7. The molecule has 2 unspecified atom stereocenters. The van der Waals surface area contributed by atoms with Gasteiger partial charge in [-0.25, -0.2) is 4.79 Å². The zero-order chi connectivity index (χ0) is 23.2. The Morgan fingerprint density at radius 2 is 1.53 bits per heavy atom. The molecule has 0 saturated carbocycles. The Hall–Kier alpha value is -4.09. The van der Waals surface area contributed by atoms with Gasteiger partial charge in [0.05, 0.1) is 6.04 Å². The second kappa shape index (κ2) is 10.2. The van der Waals surface area contributed by atoms with Crippen LogP contribution in [0.15, 0.2) is 115 Å². The van der Waals surface area contributed by atoms with E-state index in [1.54, 1.807) is 6.07 Å². The lowest BCUT2D eigenvalue weighted by atomic mass is 10.00. The first-order valence-corrected chi connectivity index (χ1v) is 11.4. The van der Waals surface area contributed by atoms with Crippen LogP contribution in [0.3, 0.4) is 0 Å². The summed E-state index contributed by atoms with van der Waals surface area (Å²) in [6.45, 7) is 0. The predicted molar refractivity (Wildman–Crippen MR) is 133 cm³/mol. The summed E-state index contributed by atoms with van der Waals surface area (Å²) in [4.78, 5) is 18.8. The van der Waals surface area contributed by atoms with Gasteiger partial charge in [0.2, 0.25) is 0 Å². The average Bonchev–Trinajstić information content (AvgIpc) is 3.33. The number of hydrogen-bond acceptors (Lipinski definition) is 4. The molecular weight excluding hydrogens is 424 g/mol. The fourth-order valence-electron chi connectivity index (χ4n) is 4.20. The van der Waals surface area contributed by atoms with E-state index in [1.807, 2.05) is 91.0 Å². The number of carbonyl (C=O) groups is 1. The molecule has 34 heavy (non-hydrogen) atoms. The van der Waals surface area contributed by atoms with Crippen LogP contribution >= 0.6 is 0 Å². The fourth-order valence-corrected chi connectivity index (χ4v) is 4.20. The molecule has 5 nitrogen and oxygen atoms in total. The molecule has 5 heteroatoms. The van der Waals surface area contributed by atoms with Gasteiger partial charge in [-0.3, -0.25) is 10.3 Å². The highest BCUT2D eigenvalue weighted by Gasteiger charge is 2.28. The molecule has 0 saturated heterocycles. The first-order valence-electron chi connectivity index (χ1n) is 11.4. The van der Waals surface area contributed by atoms with Gasteiger partial charge in [-0.15, -0.1) is 0 Å². The summed E-state index contributed by atoms with van der Waals surface area (Å²) in [6.07, 6.45) is 2.53. The number of allylic oxidation sites excluding steroid dienone is 1. The van der Waals surface area contributed by atoms with E-state index >= 15 is 0 Å². The third-order valence-electron chi connectivity index (χ3n) is 5.88. The van der Waals surface area contributed by atoms with Crippen molar-refractivity contribution in [2.45, 2.75) is 25.0 Å². The molecule has 1 amide bonds. The van der Waals surface area contributed by atoms with Crippen molar-refractivity contribution in [2.24, 2.45) is 0 Å². The van der Waals surface area contributed by atoms with Gasteiger partial charge in [0, 0.05) is 17.5 Å². The Morgan fingerprint density at radius 3 is 2.32 bits per heavy atom. The predicted octanol–water partition coefficient (Wildman–Crippen LogP) is 5.57. The first kappa shape index (κ1) is 21.7. The van der Waals surface area contributed by atoms with Gasteiger partial charge in [-0.05, 0) is 35.1 Å². The highest BCUT2D eigenvalue weighted by molar-refractivity contribution is 5.90. The van der Waals surface area contributed by atoms with Crippen LogP contribution in [0.4, 0.5) is 4.79 Å². The van der Waals surface area contributed by atoms with Crippen molar-refractivity contribution < 1.29 is 14.4 Å². The largest absolute Gasteiger partial charge is 0.412 e. The van der Waals surface area contributed by atoms with Crippen LogP contribution in [-0.2, 0) is 17.7 Å². The summed E-state index contributed by atoms with van der Waals surface area (Å²) in [5, 5.41) is 4.95. The Morgan fingerprint density at radius 1 is 0.853 bits per heavy atom. The zero-order valence-electron chi connectivity index (χ0n) is 18.7. The quantitative estimate of drug-likeness (QED) is 0.387. The molecule has 170 valence electrons. The van der Waals surface area contributed by atoms with E-state index in [1.165, 1.54) is 5.56 Å². The van der Waals surface area contributed by atoms with Crippen LogP contribution < -0.4 is 15.5 Å². The van der Waals surface area contributed by atoms with Gasteiger partial charge in [0.25, 0.3) is 0 Å². The maximum atomic E-state index is 13.0. The molecule has 1 aliphatic rings. The monoisotopic (exact) mass is 450 g/mol. The van der Waals surface area contributed by atoms with Crippen molar-refractivity contribution in [3.05, 3.63) is 126 Å². The van der Waals surface area contributed by atoms with Crippen LogP contribution in [0.2, 0.25) is 0 Å². The van der Waals surface area contributed by atoms with Crippen molar-refractivity contribution in [1.82, 2.24) is 10.8 Å². The van der Waals surface area contributed by atoms with Crippen molar-refractivity contribution in [3.8, 4) is 5.75 Å².